The van der Waals surface area contributed by atoms with Crippen molar-refractivity contribution in [2.75, 3.05) is 0 Å². The quantitative estimate of drug-likeness (QED) is 0.212. The van der Waals surface area contributed by atoms with Gasteiger partial charge in [-0.15, -0.1) is 5.84 Å². The zero-order valence-electron chi connectivity index (χ0n) is 11.4. The minimum absolute atomic E-state index is 0.277. The molecule has 0 saturated heterocycles. The highest BCUT2D eigenvalue weighted by Crippen LogP contribution is 2.12. The average Bonchev–Trinajstić information content (AvgIpc) is 2.10. The molecule has 0 spiro atoms. The third kappa shape index (κ3) is 6.08. The molecule has 0 aliphatic rings. The number of hydrazone groups is 1. The third-order valence-corrected chi connectivity index (χ3v) is 1.94. The number of hydrogen-bond donors (Lipinski definition) is 3. The van der Waals surface area contributed by atoms with E-state index in [-0.39, 0.29) is 11.4 Å². The molecule has 17 heavy (non-hydrogen) atoms. The summed E-state index contributed by atoms with van der Waals surface area (Å²) in [7, 11) is 0. The zero-order valence-corrected chi connectivity index (χ0v) is 11.4. The van der Waals surface area contributed by atoms with Crippen molar-refractivity contribution in [3.63, 3.8) is 0 Å². The lowest BCUT2D eigenvalue weighted by Crippen LogP contribution is -2.48. The fourth-order valence-electron chi connectivity index (χ4n) is 0.567. The molecule has 7 heteroatoms. The fourth-order valence-corrected chi connectivity index (χ4v) is 0.567. The van der Waals surface area contributed by atoms with Gasteiger partial charge in [0.2, 0.25) is 0 Å². The summed E-state index contributed by atoms with van der Waals surface area (Å²) in [4.78, 5) is 16.3. The summed E-state index contributed by atoms with van der Waals surface area (Å²) in [6.07, 6.45) is 1.34. The van der Waals surface area contributed by atoms with Crippen LogP contribution in [0, 0.1) is 5.41 Å². The van der Waals surface area contributed by atoms with Gasteiger partial charge in [-0.1, -0.05) is 25.7 Å². The van der Waals surface area contributed by atoms with Gasteiger partial charge in [-0.2, -0.15) is 10.2 Å². The monoisotopic (exact) mass is 246 g/mol. The molecule has 0 saturated carbocycles. The van der Waals surface area contributed by atoms with E-state index in [0.717, 1.165) is 5.17 Å². The van der Waals surface area contributed by atoms with Crippen molar-refractivity contribution in [1.29, 1.82) is 0 Å². The van der Waals surface area contributed by atoms with Gasteiger partial charge in [0, 0.05) is 5.41 Å². The highest BCUT2D eigenvalue weighted by atomic mass is 16.8. The lowest BCUT2D eigenvalue weighted by Gasteiger charge is -2.18. The summed E-state index contributed by atoms with van der Waals surface area (Å²) in [5.41, 5.74) is 1.38. The molecule has 5 N–H and O–H groups in total. The van der Waals surface area contributed by atoms with Gasteiger partial charge in [-0.3, -0.25) is 10.6 Å². The van der Waals surface area contributed by atoms with E-state index in [1.54, 1.807) is 20.8 Å². The van der Waals surface area contributed by atoms with E-state index in [1.807, 2.05) is 20.8 Å². The first kappa shape index (κ1) is 15.7. The van der Waals surface area contributed by atoms with Crippen molar-refractivity contribution < 1.29 is 14.4 Å². The normalized spacial score (nSPS) is 13.5. The van der Waals surface area contributed by atoms with Gasteiger partial charge in [-0.25, -0.2) is 0 Å². The van der Waals surface area contributed by atoms with Crippen molar-refractivity contribution in [2.24, 2.45) is 17.1 Å². The van der Waals surface area contributed by atoms with Gasteiger partial charge >= 0.3 is 6.34 Å². The van der Waals surface area contributed by atoms with Crippen LogP contribution >= 0.6 is 0 Å². The Morgan fingerprint density at radius 1 is 1.29 bits per heavy atom. The molecule has 100 valence electrons. The Morgan fingerprint density at radius 2 is 1.76 bits per heavy atom. The number of carbonyl (C=O) groups is 1. The first-order valence-corrected chi connectivity index (χ1v) is 5.35. The average molecular weight is 246 g/mol. The number of nitrogens with two attached hydrogens (primary N) is 2. The summed E-state index contributed by atoms with van der Waals surface area (Å²) in [5, 5.41) is 0.842. The minimum atomic E-state index is -0.548. The lowest BCUT2D eigenvalue weighted by molar-refractivity contribution is -0.610. The molecule has 0 atom stereocenters. The second-order valence-corrected chi connectivity index (χ2v) is 5.83. The van der Waals surface area contributed by atoms with Gasteiger partial charge in [0.25, 0.3) is 5.91 Å². The van der Waals surface area contributed by atoms with E-state index in [4.69, 9.17) is 16.6 Å². The molecule has 0 aromatic carbocycles. The summed E-state index contributed by atoms with van der Waals surface area (Å²) in [6, 6.07) is 0. The fraction of sp³-hybridized carbons (Fsp3) is 0.800. The first-order chi connectivity index (χ1) is 7.44. The second-order valence-electron chi connectivity index (χ2n) is 5.83. The summed E-state index contributed by atoms with van der Waals surface area (Å²) in [6.45, 7) is 11.0. The number of amides is 1. The number of nitrogens with one attached hydrogen (secondary N) is 1. The van der Waals surface area contributed by atoms with Gasteiger partial charge in [0.15, 0.2) is 0 Å². The Balaban J connectivity index is 4.31. The number of hydrogen-bond acceptors (Lipinski definition) is 4. The topological polar surface area (TPSA) is 96.6 Å². The maximum absolute atomic E-state index is 11.5. The second kappa shape index (κ2) is 5.33. The van der Waals surface area contributed by atoms with Gasteiger partial charge in [0.05, 0.1) is 0 Å². The Kier molecular flexibility index (Phi) is 4.91. The molecule has 1 amide bonds. The van der Waals surface area contributed by atoms with Crippen LogP contribution in [0.2, 0.25) is 0 Å². The van der Waals surface area contributed by atoms with Crippen molar-refractivity contribution >= 4 is 12.2 Å². The van der Waals surface area contributed by atoms with Gasteiger partial charge in [0.1, 0.15) is 5.54 Å². The number of nitrogens with zero attached hydrogens (tertiary/aromatic N) is 2. The SMILES string of the molecule is CC(C)(C)C(=O)NON(N)C=[N+](N)C(C)(C)C. The van der Waals surface area contributed by atoms with Crippen LogP contribution in [0.25, 0.3) is 0 Å². The lowest BCUT2D eigenvalue weighted by atomic mass is 9.96. The molecule has 0 unspecified atom stereocenters. The highest BCUT2D eigenvalue weighted by Gasteiger charge is 2.24. The van der Waals surface area contributed by atoms with Crippen molar-refractivity contribution in [3.8, 4) is 0 Å². The van der Waals surface area contributed by atoms with Crippen LogP contribution in [0.3, 0.4) is 0 Å². The maximum Gasteiger partial charge on any atom is 0.311 e. The molecule has 0 aromatic heterocycles. The van der Waals surface area contributed by atoms with E-state index in [2.05, 4.69) is 5.48 Å². The zero-order chi connectivity index (χ0) is 13.9. The van der Waals surface area contributed by atoms with E-state index in [9.17, 15) is 4.79 Å². The molecule has 0 aliphatic heterocycles. The van der Waals surface area contributed by atoms with Crippen molar-refractivity contribution in [3.05, 3.63) is 0 Å². The predicted molar refractivity (Wildman–Crippen MR) is 65.0 cm³/mol. The third-order valence-electron chi connectivity index (χ3n) is 1.94. The number of hydrazine groups is 2. The van der Waals surface area contributed by atoms with Crippen LogP contribution in [-0.4, -0.2) is 27.6 Å². The molecule has 0 radical (unpaired) electrons. The number of rotatable bonds is 3. The smallest absolute Gasteiger partial charge is 0.273 e. The highest BCUT2D eigenvalue weighted by molar-refractivity contribution is 5.80. The Labute approximate surface area is 102 Å². The summed E-state index contributed by atoms with van der Waals surface area (Å²) in [5.74, 6) is 10.9. The van der Waals surface area contributed by atoms with Crippen LogP contribution in [0.15, 0.2) is 0 Å². The van der Waals surface area contributed by atoms with Crippen LogP contribution in [0.4, 0.5) is 0 Å². The van der Waals surface area contributed by atoms with Crippen LogP contribution in [0.5, 0.6) is 0 Å². The van der Waals surface area contributed by atoms with E-state index in [1.165, 1.54) is 11.0 Å². The predicted octanol–water partition coefficient (Wildman–Crippen LogP) is -0.116. The molecule has 0 aromatic rings. The van der Waals surface area contributed by atoms with Crippen LogP contribution < -0.4 is 17.2 Å². The van der Waals surface area contributed by atoms with Crippen LogP contribution in [0.1, 0.15) is 41.5 Å². The van der Waals surface area contributed by atoms with E-state index >= 15 is 0 Å². The Bertz CT molecular complexity index is 301. The Hall–Kier alpha value is -1.34. The van der Waals surface area contributed by atoms with Crippen LogP contribution in [-0.2, 0) is 9.73 Å². The molecule has 0 heterocycles. The molecular weight excluding hydrogens is 222 g/mol. The van der Waals surface area contributed by atoms with Gasteiger partial charge < -0.3 is 0 Å². The molecular formula is C10H24N5O2+. The van der Waals surface area contributed by atoms with E-state index < -0.39 is 5.41 Å². The summed E-state index contributed by atoms with van der Waals surface area (Å²) >= 11 is 0. The Morgan fingerprint density at radius 3 is 2.12 bits per heavy atom. The molecule has 7 nitrogen and oxygen atoms in total. The molecule has 0 fully saturated rings. The van der Waals surface area contributed by atoms with Gasteiger partial charge in [-0.05, 0) is 25.9 Å². The largest absolute Gasteiger partial charge is 0.311 e. The van der Waals surface area contributed by atoms with Crippen molar-refractivity contribution in [1.82, 2.24) is 10.7 Å². The molecule has 0 aliphatic carbocycles. The van der Waals surface area contributed by atoms with Crippen molar-refractivity contribution in [2.45, 2.75) is 47.1 Å². The maximum atomic E-state index is 11.5. The standard InChI is InChI=1S/C10H23N5O2/c1-9(2,3)8(16)13-17-15(12)7-14(11)10(4,5)6/h7H,11-12H2,1-6H3/p+1. The molecule has 0 rings (SSSR count). The first-order valence-electron chi connectivity index (χ1n) is 5.35. The van der Waals surface area contributed by atoms with E-state index in [0.29, 0.717) is 0 Å². The molecule has 0 bridgehead atoms. The summed E-state index contributed by atoms with van der Waals surface area (Å²) < 4.78 is 1.37. The number of hydroxylamine groups is 2. The number of carbonyl (C=O) groups excluding carboxylic acids is 1. The minimum Gasteiger partial charge on any atom is -0.273 e.